The Hall–Kier alpha value is -1.43. The first-order valence-corrected chi connectivity index (χ1v) is 6.79. The molecule has 1 saturated heterocycles. The van der Waals surface area contributed by atoms with Crippen LogP contribution in [0.2, 0.25) is 0 Å². The maximum absolute atomic E-state index is 11.7. The van der Waals surface area contributed by atoms with Crippen molar-refractivity contribution in [3.8, 4) is 0 Å². The van der Waals surface area contributed by atoms with Gasteiger partial charge in [0.25, 0.3) is 0 Å². The number of ether oxygens (including phenoxy) is 2. The van der Waals surface area contributed by atoms with Crippen LogP contribution in [0.3, 0.4) is 0 Å². The van der Waals surface area contributed by atoms with E-state index in [1.165, 1.54) is 0 Å². The van der Waals surface area contributed by atoms with Crippen molar-refractivity contribution in [1.82, 2.24) is 10.6 Å². The molecule has 2 N–H and O–H groups in total. The van der Waals surface area contributed by atoms with Crippen LogP contribution in [0.15, 0.2) is 24.3 Å². The first kappa shape index (κ1) is 15.0. The average molecular weight is 278 g/mol. The molecular formula is C15H22N2O3. The summed E-state index contributed by atoms with van der Waals surface area (Å²) in [7, 11) is 1.67. The lowest BCUT2D eigenvalue weighted by molar-refractivity contribution is -0.136. The molecule has 2 rings (SSSR count). The minimum atomic E-state index is -0.185. The summed E-state index contributed by atoms with van der Waals surface area (Å²) >= 11 is 0. The number of methoxy groups -OCH3 is 1. The Labute approximate surface area is 119 Å². The molecule has 110 valence electrons. The van der Waals surface area contributed by atoms with E-state index in [2.05, 4.69) is 10.6 Å². The smallest absolute Gasteiger partial charge is 0.246 e. The zero-order valence-corrected chi connectivity index (χ0v) is 12.1. The number of benzene rings is 1. The molecule has 1 aliphatic heterocycles. The van der Waals surface area contributed by atoms with E-state index in [9.17, 15) is 4.79 Å². The molecule has 5 nitrogen and oxygen atoms in total. The van der Waals surface area contributed by atoms with E-state index >= 15 is 0 Å². The van der Waals surface area contributed by atoms with Gasteiger partial charge in [-0.15, -0.1) is 0 Å². The summed E-state index contributed by atoms with van der Waals surface area (Å²) < 4.78 is 10.7. The van der Waals surface area contributed by atoms with Gasteiger partial charge >= 0.3 is 0 Å². The SMILES string of the molecule is COCc1cccc(CNC(=O)COC2(C)CNC2)c1. The molecule has 1 aromatic carbocycles. The second-order valence-electron chi connectivity index (χ2n) is 5.37. The summed E-state index contributed by atoms with van der Waals surface area (Å²) in [6.07, 6.45) is 0. The Morgan fingerprint density at radius 3 is 2.80 bits per heavy atom. The van der Waals surface area contributed by atoms with Gasteiger partial charge in [0.15, 0.2) is 0 Å². The maximum atomic E-state index is 11.7. The van der Waals surface area contributed by atoms with Gasteiger partial charge in [0.2, 0.25) is 5.91 Å². The fraction of sp³-hybridized carbons (Fsp3) is 0.533. The summed E-state index contributed by atoms with van der Waals surface area (Å²) in [4.78, 5) is 11.7. The number of rotatable bonds is 7. The van der Waals surface area contributed by atoms with Gasteiger partial charge in [-0.1, -0.05) is 24.3 Å². The largest absolute Gasteiger partial charge is 0.380 e. The van der Waals surface area contributed by atoms with Crippen LogP contribution in [-0.2, 0) is 27.4 Å². The van der Waals surface area contributed by atoms with E-state index in [1.807, 2.05) is 31.2 Å². The summed E-state index contributed by atoms with van der Waals surface area (Å²) in [5.41, 5.74) is 1.98. The minimum absolute atomic E-state index is 0.0877. The Morgan fingerprint density at radius 1 is 1.40 bits per heavy atom. The molecule has 0 unspecified atom stereocenters. The minimum Gasteiger partial charge on any atom is -0.380 e. The second kappa shape index (κ2) is 6.83. The fourth-order valence-corrected chi connectivity index (χ4v) is 2.07. The Kier molecular flexibility index (Phi) is 5.11. The molecular weight excluding hydrogens is 256 g/mol. The Bertz CT molecular complexity index is 458. The molecule has 0 atom stereocenters. The van der Waals surface area contributed by atoms with Crippen molar-refractivity contribution in [3.63, 3.8) is 0 Å². The van der Waals surface area contributed by atoms with Gasteiger partial charge < -0.3 is 20.1 Å². The van der Waals surface area contributed by atoms with E-state index in [4.69, 9.17) is 9.47 Å². The molecule has 1 heterocycles. The Balaban J connectivity index is 1.73. The van der Waals surface area contributed by atoms with E-state index in [-0.39, 0.29) is 18.1 Å². The predicted octanol–water partition coefficient (Wildman–Crippen LogP) is 0.828. The van der Waals surface area contributed by atoms with Crippen molar-refractivity contribution in [2.24, 2.45) is 0 Å². The summed E-state index contributed by atoms with van der Waals surface area (Å²) in [6.45, 7) is 4.81. The van der Waals surface area contributed by atoms with E-state index < -0.39 is 0 Å². The second-order valence-corrected chi connectivity index (χ2v) is 5.37. The summed E-state index contributed by atoms with van der Waals surface area (Å²) in [5.74, 6) is -0.0877. The lowest BCUT2D eigenvalue weighted by Gasteiger charge is -2.38. The van der Waals surface area contributed by atoms with Crippen LogP contribution in [0.5, 0.6) is 0 Å². The van der Waals surface area contributed by atoms with Crippen LogP contribution in [0.4, 0.5) is 0 Å². The summed E-state index contributed by atoms with van der Waals surface area (Å²) in [5, 5.41) is 6.00. The standard InChI is InChI=1S/C15H22N2O3/c1-15(10-16-11-15)20-9-14(18)17-7-12-4-3-5-13(6-12)8-19-2/h3-6,16H,7-11H2,1-2H3,(H,17,18). The van der Waals surface area contributed by atoms with Crippen molar-refractivity contribution in [2.45, 2.75) is 25.7 Å². The van der Waals surface area contributed by atoms with Gasteiger partial charge in [0, 0.05) is 26.7 Å². The first-order chi connectivity index (χ1) is 9.61. The number of carbonyl (C=O) groups excluding carboxylic acids is 1. The molecule has 0 aromatic heterocycles. The zero-order valence-electron chi connectivity index (χ0n) is 12.1. The molecule has 20 heavy (non-hydrogen) atoms. The van der Waals surface area contributed by atoms with Crippen LogP contribution in [0, 0.1) is 0 Å². The van der Waals surface area contributed by atoms with Crippen LogP contribution in [0.25, 0.3) is 0 Å². The molecule has 0 spiro atoms. The highest BCUT2D eigenvalue weighted by atomic mass is 16.5. The highest BCUT2D eigenvalue weighted by Gasteiger charge is 2.32. The van der Waals surface area contributed by atoms with Gasteiger partial charge in [0.05, 0.1) is 12.2 Å². The molecule has 0 aliphatic carbocycles. The van der Waals surface area contributed by atoms with Crippen LogP contribution >= 0.6 is 0 Å². The number of amides is 1. The fourth-order valence-electron chi connectivity index (χ4n) is 2.07. The van der Waals surface area contributed by atoms with Crippen LogP contribution in [-0.4, -0.2) is 38.3 Å². The third-order valence-corrected chi connectivity index (χ3v) is 3.34. The van der Waals surface area contributed by atoms with Gasteiger partial charge in [-0.3, -0.25) is 4.79 Å². The Morgan fingerprint density at radius 2 is 2.15 bits per heavy atom. The van der Waals surface area contributed by atoms with Gasteiger partial charge in [-0.2, -0.15) is 0 Å². The molecule has 1 aliphatic rings. The third kappa shape index (κ3) is 4.30. The van der Waals surface area contributed by atoms with Gasteiger partial charge in [-0.25, -0.2) is 0 Å². The normalized spacial score (nSPS) is 16.5. The highest BCUT2D eigenvalue weighted by molar-refractivity contribution is 5.77. The van der Waals surface area contributed by atoms with Crippen LogP contribution < -0.4 is 10.6 Å². The molecule has 0 saturated carbocycles. The lowest BCUT2D eigenvalue weighted by atomic mass is 10.0. The molecule has 1 fully saturated rings. The zero-order chi connectivity index (χ0) is 14.4. The van der Waals surface area contributed by atoms with Crippen LogP contribution in [0.1, 0.15) is 18.1 Å². The topological polar surface area (TPSA) is 59.6 Å². The lowest BCUT2D eigenvalue weighted by Crippen LogP contribution is -2.59. The van der Waals surface area contributed by atoms with Gasteiger partial charge in [-0.05, 0) is 18.1 Å². The van der Waals surface area contributed by atoms with Crippen molar-refractivity contribution in [3.05, 3.63) is 35.4 Å². The maximum Gasteiger partial charge on any atom is 0.246 e. The monoisotopic (exact) mass is 278 g/mol. The molecule has 1 aromatic rings. The van der Waals surface area contributed by atoms with Crippen molar-refractivity contribution in [2.75, 3.05) is 26.8 Å². The molecule has 5 heteroatoms. The molecule has 0 radical (unpaired) electrons. The molecule has 0 bridgehead atoms. The number of hydrogen-bond donors (Lipinski definition) is 2. The van der Waals surface area contributed by atoms with Crippen molar-refractivity contribution < 1.29 is 14.3 Å². The van der Waals surface area contributed by atoms with E-state index in [0.717, 1.165) is 24.2 Å². The van der Waals surface area contributed by atoms with Gasteiger partial charge in [0.1, 0.15) is 6.61 Å². The average Bonchev–Trinajstić information content (AvgIpc) is 2.42. The highest BCUT2D eigenvalue weighted by Crippen LogP contribution is 2.14. The number of hydrogen-bond acceptors (Lipinski definition) is 4. The third-order valence-electron chi connectivity index (χ3n) is 3.34. The predicted molar refractivity (Wildman–Crippen MR) is 76.2 cm³/mol. The van der Waals surface area contributed by atoms with Crippen molar-refractivity contribution in [1.29, 1.82) is 0 Å². The first-order valence-electron chi connectivity index (χ1n) is 6.79. The molecule has 1 amide bonds. The number of carbonyl (C=O) groups is 1. The van der Waals surface area contributed by atoms with E-state index in [1.54, 1.807) is 7.11 Å². The van der Waals surface area contributed by atoms with Crippen molar-refractivity contribution >= 4 is 5.91 Å². The number of nitrogens with one attached hydrogen (secondary N) is 2. The summed E-state index contributed by atoms with van der Waals surface area (Å²) in [6, 6.07) is 7.98. The van der Waals surface area contributed by atoms with E-state index in [0.29, 0.717) is 13.2 Å². The quantitative estimate of drug-likeness (QED) is 0.775.